The number of carbonyl (C=O) groups is 1. The number of hydrogen-bond acceptors (Lipinski definition) is 10. The summed E-state index contributed by atoms with van der Waals surface area (Å²) in [5, 5.41) is 18.1. The summed E-state index contributed by atoms with van der Waals surface area (Å²) in [6.07, 6.45) is -0.687. The molecule has 3 N–H and O–H groups in total. The molecule has 4 aromatic rings. The number of carboxylic acid groups (broad SMARTS) is 1. The Kier molecular flexibility index (Phi) is 8.93. The van der Waals surface area contributed by atoms with E-state index in [4.69, 9.17) is 14.6 Å². The standard InChI is InChI=1S/C22H23N7O3S.C2HF3O2/c1-14-15(2)28-29(20-9-8-17(32-3)13-24-20)21(14)26-19-10-11-23-22(27-19)25-16-6-5-7-18(12-16)33(4,30)31;3-2(4,5)1(6)7/h5-13H,1-4H3,(H2,23,25,26,27);(H,6,7). The van der Waals surface area contributed by atoms with Crippen molar-refractivity contribution in [2.75, 3.05) is 24.0 Å². The molecule has 3 aromatic heterocycles. The van der Waals surface area contributed by atoms with Crippen LogP contribution in [-0.4, -0.2) is 63.8 Å². The van der Waals surface area contributed by atoms with Crippen LogP contribution >= 0.6 is 0 Å². The Bertz CT molecular complexity index is 1610. The molecule has 0 saturated carbocycles. The number of halogens is 3. The van der Waals surface area contributed by atoms with Gasteiger partial charge in [-0.05, 0) is 50.2 Å². The minimum Gasteiger partial charge on any atom is -0.495 e. The summed E-state index contributed by atoms with van der Waals surface area (Å²) in [5.41, 5.74) is 2.36. The Morgan fingerprint density at radius 2 is 1.77 bits per heavy atom. The number of hydrogen-bond donors (Lipinski definition) is 3. The fourth-order valence-corrected chi connectivity index (χ4v) is 3.75. The van der Waals surface area contributed by atoms with Crippen molar-refractivity contribution in [3.05, 3.63) is 66.1 Å². The zero-order valence-electron chi connectivity index (χ0n) is 21.6. The van der Waals surface area contributed by atoms with Gasteiger partial charge in [-0.3, -0.25) is 0 Å². The summed E-state index contributed by atoms with van der Waals surface area (Å²) >= 11 is 0. The van der Waals surface area contributed by atoms with Crippen molar-refractivity contribution >= 4 is 39.1 Å². The number of aromatic nitrogens is 5. The maximum Gasteiger partial charge on any atom is 0.490 e. The van der Waals surface area contributed by atoms with Gasteiger partial charge in [0, 0.05) is 23.7 Å². The molecule has 0 aliphatic heterocycles. The number of carboxylic acids is 1. The van der Waals surface area contributed by atoms with Gasteiger partial charge in [0.1, 0.15) is 17.4 Å². The molecule has 4 rings (SSSR count). The second-order valence-corrected chi connectivity index (χ2v) is 10.2. The summed E-state index contributed by atoms with van der Waals surface area (Å²) in [5.74, 6) is 0.0828. The molecule has 0 atom stereocenters. The van der Waals surface area contributed by atoms with Crippen molar-refractivity contribution in [3.8, 4) is 11.6 Å². The molecule has 3 heterocycles. The molecule has 40 heavy (non-hydrogen) atoms. The van der Waals surface area contributed by atoms with Crippen LogP contribution in [0.2, 0.25) is 0 Å². The first-order valence-electron chi connectivity index (χ1n) is 11.2. The normalized spacial score (nSPS) is 11.3. The highest BCUT2D eigenvalue weighted by atomic mass is 32.2. The van der Waals surface area contributed by atoms with Gasteiger partial charge in [0.25, 0.3) is 0 Å². The third-order valence-electron chi connectivity index (χ3n) is 5.20. The molecule has 0 radical (unpaired) electrons. The van der Waals surface area contributed by atoms with Crippen LogP contribution in [0.3, 0.4) is 0 Å². The first-order valence-corrected chi connectivity index (χ1v) is 13.1. The second-order valence-electron chi connectivity index (χ2n) is 8.15. The Hall–Kier alpha value is -4.73. The van der Waals surface area contributed by atoms with Crippen LogP contribution < -0.4 is 15.4 Å². The summed E-state index contributed by atoms with van der Waals surface area (Å²) in [6, 6.07) is 11.8. The van der Waals surface area contributed by atoms with Crippen molar-refractivity contribution in [1.82, 2.24) is 24.7 Å². The molecular weight excluding hydrogens is 555 g/mol. The van der Waals surface area contributed by atoms with Crippen LogP contribution in [0.15, 0.2) is 59.8 Å². The summed E-state index contributed by atoms with van der Waals surface area (Å²) in [6.45, 7) is 3.88. The predicted octanol–water partition coefficient (Wildman–Crippen LogP) is 4.21. The van der Waals surface area contributed by atoms with E-state index in [1.165, 1.54) is 6.07 Å². The smallest absolute Gasteiger partial charge is 0.490 e. The Balaban J connectivity index is 0.000000559. The van der Waals surface area contributed by atoms with Gasteiger partial charge in [0.2, 0.25) is 5.95 Å². The first-order chi connectivity index (χ1) is 18.7. The number of nitrogens with one attached hydrogen (secondary N) is 2. The minimum absolute atomic E-state index is 0.212. The van der Waals surface area contributed by atoms with Gasteiger partial charge in [0.05, 0.1) is 23.9 Å². The van der Waals surface area contributed by atoms with E-state index in [1.54, 1.807) is 48.5 Å². The summed E-state index contributed by atoms with van der Waals surface area (Å²) in [7, 11) is -1.73. The van der Waals surface area contributed by atoms with Crippen molar-refractivity contribution in [2.45, 2.75) is 24.9 Å². The summed E-state index contributed by atoms with van der Waals surface area (Å²) < 4.78 is 62.3. The number of pyridine rings is 1. The first kappa shape index (κ1) is 29.8. The number of aliphatic carboxylic acids is 1. The van der Waals surface area contributed by atoms with Crippen molar-refractivity contribution in [3.63, 3.8) is 0 Å². The molecule has 0 spiro atoms. The van der Waals surface area contributed by atoms with Crippen LogP contribution in [0.5, 0.6) is 5.75 Å². The number of anilines is 4. The second kappa shape index (κ2) is 12.0. The molecule has 0 saturated heterocycles. The van der Waals surface area contributed by atoms with E-state index in [2.05, 4.69) is 30.7 Å². The van der Waals surface area contributed by atoms with Crippen molar-refractivity contribution in [1.29, 1.82) is 0 Å². The van der Waals surface area contributed by atoms with E-state index in [9.17, 15) is 21.6 Å². The van der Waals surface area contributed by atoms with E-state index in [-0.39, 0.29) is 4.90 Å². The maximum atomic E-state index is 11.8. The van der Waals surface area contributed by atoms with E-state index < -0.39 is 22.0 Å². The fourth-order valence-electron chi connectivity index (χ4n) is 3.08. The van der Waals surface area contributed by atoms with Gasteiger partial charge in [0.15, 0.2) is 15.7 Å². The van der Waals surface area contributed by atoms with Crippen molar-refractivity contribution < 1.29 is 36.2 Å². The monoisotopic (exact) mass is 579 g/mol. The number of nitrogens with zero attached hydrogens (tertiary/aromatic N) is 5. The molecule has 0 aliphatic rings. The van der Waals surface area contributed by atoms with Gasteiger partial charge in [-0.15, -0.1) is 0 Å². The average Bonchev–Trinajstić information content (AvgIpc) is 3.17. The highest BCUT2D eigenvalue weighted by molar-refractivity contribution is 7.90. The zero-order valence-corrected chi connectivity index (χ0v) is 22.4. The van der Waals surface area contributed by atoms with Crippen LogP contribution in [0.1, 0.15) is 11.3 Å². The van der Waals surface area contributed by atoms with Gasteiger partial charge in [-0.1, -0.05) is 6.07 Å². The number of methoxy groups -OCH3 is 1. The largest absolute Gasteiger partial charge is 0.495 e. The van der Waals surface area contributed by atoms with Crippen LogP contribution in [0, 0.1) is 13.8 Å². The molecule has 0 fully saturated rings. The van der Waals surface area contributed by atoms with E-state index in [0.717, 1.165) is 17.5 Å². The molecule has 16 heteroatoms. The quantitative estimate of drug-likeness (QED) is 0.288. The maximum absolute atomic E-state index is 11.8. The van der Waals surface area contributed by atoms with E-state index in [0.29, 0.717) is 34.8 Å². The third-order valence-corrected chi connectivity index (χ3v) is 6.31. The molecule has 212 valence electrons. The molecule has 0 unspecified atom stereocenters. The average molecular weight is 580 g/mol. The number of aryl methyl sites for hydroxylation is 1. The van der Waals surface area contributed by atoms with Gasteiger partial charge >= 0.3 is 12.1 Å². The minimum atomic E-state index is -5.08. The highest BCUT2D eigenvalue weighted by Gasteiger charge is 2.38. The van der Waals surface area contributed by atoms with Crippen molar-refractivity contribution in [2.24, 2.45) is 0 Å². The van der Waals surface area contributed by atoms with Gasteiger partial charge in [-0.25, -0.2) is 23.2 Å². The van der Waals surface area contributed by atoms with E-state index in [1.807, 2.05) is 26.0 Å². The third kappa shape index (κ3) is 7.66. The number of benzene rings is 1. The number of rotatable bonds is 7. The Morgan fingerprint density at radius 3 is 2.35 bits per heavy atom. The topological polar surface area (TPSA) is 161 Å². The fraction of sp³-hybridized carbons (Fsp3) is 0.208. The van der Waals surface area contributed by atoms with Gasteiger partial charge < -0.3 is 20.5 Å². The van der Waals surface area contributed by atoms with Crippen LogP contribution in [0.4, 0.5) is 36.4 Å². The lowest BCUT2D eigenvalue weighted by molar-refractivity contribution is -0.192. The lowest BCUT2D eigenvalue weighted by Gasteiger charge is -2.12. The zero-order chi connectivity index (χ0) is 29.7. The SMILES string of the molecule is COc1ccc(-n2nc(C)c(C)c2Nc2ccnc(Nc3cccc(S(C)(=O)=O)c3)n2)nc1.O=C(O)C(F)(F)F. The predicted molar refractivity (Wildman–Crippen MR) is 139 cm³/mol. The Labute approximate surface area is 226 Å². The van der Waals surface area contributed by atoms with Crippen LogP contribution in [0.25, 0.3) is 5.82 Å². The molecule has 0 bridgehead atoms. The number of sulfone groups is 1. The van der Waals surface area contributed by atoms with Gasteiger partial charge in [-0.2, -0.15) is 27.9 Å². The molecule has 0 amide bonds. The number of alkyl halides is 3. The molecule has 12 nitrogen and oxygen atoms in total. The lowest BCUT2D eigenvalue weighted by Crippen LogP contribution is -2.21. The molecular formula is C24H24F3N7O5S. The summed E-state index contributed by atoms with van der Waals surface area (Å²) in [4.78, 5) is 22.3. The lowest BCUT2D eigenvalue weighted by atomic mass is 10.3. The number of ether oxygens (including phenoxy) is 1. The molecule has 1 aromatic carbocycles. The Morgan fingerprint density at radius 1 is 1.07 bits per heavy atom. The van der Waals surface area contributed by atoms with E-state index >= 15 is 0 Å². The highest BCUT2D eigenvalue weighted by Crippen LogP contribution is 2.26. The van der Waals surface area contributed by atoms with Crippen LogP contribution in [-0.2, 0) is 14.6 Å². The molecule has 0 aliphatic carbocycles.